The van der Waals surface area contributed by atoms with Crippen LogP contribution < -0.4 is 5.43 Å². The number of aromatic hydroxyl groups is 1. The third kappa shape index (κ3) is 3.68. The van der Waals surface area contributed by atoms with Crippen molar-refractivity contribution in [3.63, 3.8) is 0 Å². The Morgan fingerprint density at radius 3 is 2.45 bits per heavy atom. The highest BCUT2D eigenvalue weighted by atomic mass is 16.4. The third-order valence-corrected chi connectivity index (χ3v) is 4.16. The molecule has 122 valence electrons. The third-order valence-electron chi connectivity index (χ3n) is 4.16. The molecule has 1 unspecified atom stereocenters. The molecule has 1 aromatic rings. The number of aliphatic carboxylic acids is 1. The minimum Gasteiger partial charge on any atom is -0.503 e. The number of carbonyl (C=O) groups is 1. The van der Waals surface area contributed by atoms with Gasteiger partial charge in [0, 0.05) is 18.3 Å². The number of pyridine rings is 1. The van der Waals surface area contributed by atoms with Crippen LogP contribution in [0.5, 0.6) is 5.75 Å². The van der Waals surface area contributed by atoms with E-state index in [0.29, 0.717) is 12.2 Å². The standard InChI is InChI=1S/C16H24N2O4/c1-11(2)15(16(21)22)18-10-14(20)13(19)8-12(18)9-17-6-4-3-5-7-17/h8,10-11,15,20H,3-7,9H2,1-2H3,(H,21,22). The largest absolute Gasteiger partial charge is 0.503 e. The van der Waals surface area contributed by atoms with Gasteiger partial charge >= 0.3 is 5.97 Å². The first-order valence-electron chi connectivity index (χ1n) is 7.79. The molecule has 0 radical (unpaired) electrons. The first-order chi connectivity index (χ1) is 10.4. The Bertz CT molecular complexity index is 588. The molecule has 1 aromatic heterocycles. The summed E-state index contributed by atoms with van der Waals surface area (Å²) in [4.78, 5) is 25.6. The Morgan fingerprint density at radius 1 is 1.27 bits per heavy atom. The molecule has 0 amide bonds. The van der Waals surface area contributed by atoms with Gasteiger partial charge in [0.2, 0.25) is 5.43 Å². The van der Waals surface area contributed by atoms with Crippen molar-refractivity contribution in [1.82, 2.24) is 9.47 Å². The van der Waals surface area contributed by atoms with Gasteiger partial charge in [0.05, 0.1) is 6.20 Å². The van der Waals surface area contributed by atoms with Crippen molar-refractivity contribution in [2.75, 3.05) is 13.1 Å². The fourth-order valence-electron chi connectivity index (χ4n) is 3.04. The number of aromatic nitrogens is 1. The Hall–Kier alpha value is -1.82. The van der Waals surface area contributed by atoms with E-state index < -0.39 is 23.2 Å². The highest BCUT2D eigenvalue weighted by Gasteiger charge is 2.26. The van der Waals surface area contributed by atoms with Crippen molar-refractivity contribution in [3.8, 4) is 5.75 Å². The average molecular weight is 308 g/mol. The van der Waals surface area contributed by atoms with Crippen LogP contribution in [0.2, 0.25) is 0 Å². The summed E-state index contributed by atoms with van der Waals surface area (Å²) < 4.78 is 1.54. The van der Waals surface area contributed by atoms with E-state index in [9.17, 15) is 19.8 Å². The van der Waals surface area contributed by atoms with E-state index in [1.807, 2.05) is 13.8 Å². The van der Waals surface area contributed by atoms with Gasteiger partial charge in [-0.3, -0.25) is 9.69 Å². The van der Waals surface area contributed by atoms with Gasteiger partial charge in [-0.1, -0.05) is 20.3 Å². The maximum atomic E-state index is 11.8. The van der Waals surface area contributed by atoms with Crippen molar-refractivity contribution in [2.45, 2.75) is 45.7 Å². The molecule has 1 aliphatic rings. The van der Waals surface area contributed by atoms with E-state index >= 15 is 0 Å². The smallest absolute Gasteiger partial charge is 0.326 e. The molecule has 1 aliphatic heterocycles. The normalized spacial score (nSPS) is 17.6. The zero-order chi connectivity index (χ0) is 16.3. The van der Waals surface area contributed by atoms with Gasteiger partial charge in [0.15, 0.2) is 5.75 Å². The van der Waals surface area contributed by atoms with E-state index in [1.54, 1.807) is 4.57 Å². The van der Waals surface area contributed by atoms with Gasteiger partial charge < -0.3 is 14.8 Å². The van der Waals surface area contributed by atoms with Crippen LogP contribution in [0.3, 0.4) is 0 Å². The van der Waals surface area contributed by atoms with Gasteiger partial charge in [0.25, 0.3) is 0 Å². The second kappa shape index (κ2) is 6.96. The van der Waals surface area contributed by atoms with Crippen LogP contribution in [-0.2, 0) is 11.3 Å². The zero-order valence-corrected chi connectivity index (χ0v) is 13.2. The number of likely N-dealkylation sites (tertiary alicyclic amines) is 1. The van der Waals surface area contributed by atoms with Crippen molar-refractivity contribution in [1.29, 1.82) is 0 Å². The summed E-state index contributed by atoms with van der Waals surface area (Å²) in [6.07, 6.45) is 4.72. The molecule has 0 bridgehead atoms. The number of carboxylic acids is 1. The van der Waals surface area contributed by atoms with Gasteiger partial charge in [-0.25, -0.2) is 4.79 Å². The lowest BCUT2D eigenvalue weighted by Crippen LogP contribution is -2.33. The Balaban J connectivity index is 2.39. The molecular weight excluding hydrogens is 284 g/mol. The van der Waals surface area contributed by atoms with Gasteiger partial charge in [-0.05, 0) is 31.8 Å². The number of rotatable bonds is 5. The molecule has 6 heteroatoms. The molecule has 0 saturated carbocycles. The van der Waals surface area contributed by atoms with Crippen LogP contribution in [0.4, 0.5) is 0 Å². The summed E-state index contributed by atoms with van der Waals surface area (Å²) in [6.45, 7) is 6.08. The maximum Gasteiger partial charge on any atom is 0.326 e. The monoisotopic (exact) mass is 308 g/mol. The molecule has 2 heterocycles. The Labute approximate surface area is 130 Å². The molecule has 0 aromatic carbocycles. The zero-order valence-electron chi connectivity index (χ0n) is 13.2. The van der Waals surface area contributed by atoms with E-state index in [-0.39, 0.29) is 5.92 Å². The fraction of sp³-hybridized carbons (Fsp3) is 0.625. The van der Waals surface area contributed by atoms with Crippen LogP contribution in [-0.4, -0.2) is 38.7 Å². The van der Waals surface area contributed by atoms with Crippen molar-refractivity contribution in [2.24, 2.45) is 5.92 Å². The van der Waals surface area contributed by atoms with E-state index in [1.165, 1.54) is 18.7 Å². The fourth-order valence-corrected chi connectivity index (χ4v) is 3.04. The minimum atomic E-state index is -0.960. The molecule has 22 heavy (non-hydrogen) atoms. The SMILES string of the molecule is CC(C)C(C(=O)O)n1cc(O)c(=O)cc1CN1CCCCC1. The van der Waals surface area contributed by atoms with Crippen LogP contribution >= 0.6 is 0 Å². The number of piperidine rings is 1. The first-order valence-corrected chi connectivity index (χ1v) is 7.79. The second-order valence-electron chi connectivity index (χ2n) is 6.29. The lowest BCUT2D eigenvalue weighted by molar-refractivity contribution is -0.142. The first kappa shape index (κ1) is 16.5. The van der Waals surface area contributed by atoms with Crippen molar-refractivity contribution >= 4 is 5.97 Å². The van der Waals surface area contributed by atoms with Crippen LogP contribution in [0.1, 0.15) is 44.8 Å². The van der Waals surface area contributed by atoms with Crippen molar-refractivity contribution < 1.29 is 15.0 Å². The number of hydrogen-bond donors (Lipinski definition) is 2. The number of nitrogens with zero attached hydrogens (tertiary/aromatic N) is 2. The number of carboxylic acid groups (broad SMARTS) is 1. The van der Waals surface area contributed by atoms with Gasteiger partial charge in [-0.2, -0.15) is 0 Å². The van der Waals surface area contributed by atoms with E-state index in [4.69, 9.17) is 0 Å². The molecule has 2 rings (SSSR count). The second-order valence-corrected chi connectivity index (χ2v) is 6.29. The summed E-state index contributed by atoms with van der Waals surface area (Å²) in [5.41, 5.74) is 0.182. The molecule has 1 atom stereocenters. The van der Waals surface area contributed by atoms with Crippen LogP contribution in [0, 0.1) is 5.92 Å². The maximum absolute atomic E-state index is 11.8. The average Bonchev–Trinajstić information content (AvgIpc) is 2.44. The molecular formula is C16H24N2O4. The lowest BCUT2D eigenvalue weighted by atomic mass is 10.0. The quantitative estimate of drug-likeness (QED) is 0.867. The summed E-state index contributed by atoms with van der Waals surface area (Å²) in [5.74, 6) is -1.52. The predicted molar refractivity (Wildman–Crippen MR) is 83.0 cm³/mol. The Morgan fingerprint density at radius 2 is 1.91 bits per heavy atom. The Kier molecular flexibility index (Phi) is 5.24. The summed E-state index contributed by atoms with van der Waals surface area (Å²) in [7, 11) is 0. The lowest BCUT2D eigenvalue weighted by Gasteiger charge is -2.30. The highest BCUT2D eigenvalue weighted by Crippen LogP contribution is 2.23. The molecule has 0 aliphatic carbocycles. The highest BCUT2D eigenvalue weighted by molar-refractivity contribution is 5.72. The van der Waals surface area contributed by atoms with E-state index in [2.05, 4.69) is 4.90 Å². The van der Waals surface area contributed by atoms with Gasteiger partial charge in [-0.15, -0.1) is 0 Å². The molecule has 1 fully saturated rings. The topological polar surface area (TPSA) is 82.8 Å². The van der Waals surface area contributed by atoms with Gasteiger partial charge in [0.1, 0.15) is 6.04 Å². The van der Waals surface area contributed by atoms with Crippen LogP contribution in [0.15, 0.2) is 17.1 Å². The van der Waals surface area contributed by atoms with E-state index in [0.717, 1.165) is 25.9 Å². The van der Waals surface area contributed by atoms with Crippen LogP contribution in [0.25, 0.3) is 0 Å². The predicted octanol–water partition coefficient (Wildman–Crippen LogP) is 1.82. The minimum absolute atomic E-state index is 0.153. The van der Waals surface area contributed by atoms with Crippen molar-refractivity contribution in [3.05, 3.63) is 28.2 Å². The summed E-state index contributed by atoms with van der Waals surface area (Å²) in [5, 5.41) is 19.2. The molecule has 6 nitrogen and oxygen atoms in total. The molecule has 0 spiro atoms. The number of hydrogen-bond acceptors (Lipinski definition) is 4. The molecule has 1 saturated heterocycles. The summed E-state index contributed by atoms with van der Waals surface area (Å²) in [6, 6.07) is 0.564. The summed E-state index contributed by atoms with van der Waals surface area (Å²) >= 11 is 0. The molecule has 2 N–H and O–H groups in total.